The molecule has 0 spiro atoms. The highest BCUT2D eigenvalue weighted by Crippen LogP contribution is 2.48. The zero-order valence-electron chi connectivity index (χ0n) is 81.1. The van der Waals surface area contributed by atoms with Crippen molar-refractivity contribution in [3.05, 3.63) is 534 Å². The van der Waals surface area contributed by atoms with E-state index < -0.39 is 0 Å². The summed E-state index contributed by atoms with van der Waals surface area (Å²) in [6, 6.07) is 187. The Kier molecular flexibility index (Phi) is 21.6. The first-order valence-electron chi connectivity index (χ1n) is 50.5. The Morgan fingerprint density at radius 2 is 0.320 bits per heavy atom. The molecule has 0 N–H and O–H groups in total. The van der Waals surface area contributed by atoms with Crippen LogP contribution in [0.3, 0.4) is 0 Å². The van der Waals surface area contributed by atoms with Crippen molar-refractivity contribution in [3.63, 3.8) is 0 Å². The average Bonchev–Trinajstić information content (AvgIpc) is 1.55. The molecule has 0 amide bonds. The average molecular weight is 1920 g/mol. The molecule has 9 heterocycles. The van der Waals surface area contributed by atoms with Gasteiger partial charge in [0.15, 0.2) is 40.8 Å². The van der Waals surface area contributed by atoms with Gasteiger partial charge in [0, 0.05) is 149 Å². The van der Waals surface area contributed by atoms with Crippen molar-refractivity contribution in [1.82, 2.24) is 67.3 Å². The minimum atomic E-state index is 0.639. The van der Waals surface area contributed by atoms with E-state index in [0.29, 0.717) is 40.8 Å². The molecular weight excluding hydrogens is 1830 g/mol. The van der Waals surface area contributed by atoms with Crippen LogP contribution in [-0.4, -0.2) is 67.3 Å². The molecule has 0 saturated heterocycles. The fraction of sp³-hybridized carbons (Fsp3) is 0. The smallest absolute Gasteiger partial charge is 0.164 e. The molecule has 30 rings (SSSR count). The number of hydrogen-bond acceptors (Lipinski definition) is 8. The molecule has 702 valence electrons. The van der Waals surface area contributed by atoms with Crippen molar-refractivity contribution < 1.29 is 0 Å². The number of para-hydroxylation sites is 9. The number of aromatic nitrogens is 14. The van der Waals surface area contributed by atoms with Crippen molar-refractivity contribution in [1.29, 1.82) is 0 Å². The minimum absolute atomic E-state index is 0.639. The van der Waals surface area contributed by atoms with Crippen LogP contribution in [0.5, 0.6) is 0 Å². The molecule has 14 heteroatoms. The molecule has 30 aromatic rings. The van der Waals surface area contributed by atoms with Gasteiger partial charge in [-0.25, -0.2) is 39.9 Å². The molecule has 150 heavy (non-hydrogen) atoms. The molecule has 0 aliphatic heterocycles. The van der Waals surface area contributed by atoms with Crippen LogP contribution in [0.4, 0.5) is 0 Å². The predicted molar refractivity (Wildman–Crippen MR) is 617 cm³/mol. The van der Waals surface area contributed by atoms with Crippen LogP contribution in [0.25, 0.3) is 267 Å². The van der Waals surface area contributed by atoms with Gasteiger partial charge in [0.05, 0.1) is 77.6 Å². The lowest BCUT2D eigenvalue weighted by molar-refractivity contribution is 1.07. The normalized spacial score (nSPS) is 11.6. The van der Waals surface area contributed by atoms with Crippen molar-refractivity contribution in [2.45, 2.75) is 0 Å². The molecule has 0 saturated carbocycles. The zero-order valence-corrected chi connectivity index (χ0v) is 81.1. The lowest BCUT2D eigenvalue weighted by Gasteiger charge is -2.12. The highest BCUT2D eigenvalue weighted by Gasteiger charge is 2.27. The summed E-state index contributed by atoms with van der Waals surface area (Å²) in [6.45, 7) is 0. The van der Waals surface area contributed by atoms with E-state index in [9.17, 15) is 0 Å². The zero-order chi connectivity index (χ0) is 99.1. The molecule has 0 aliphatic carbocycles. The fourth-order valence-corrected chi connectivity index (χ4v) is 22.1. The first-order valence-corrected chi connectivity index (χ1v) is 50.5. The molecule has 9 aromatic heterocycles. The lowest BCUT2D eigenvalue weighted by atomic mass is 10.1. The minimum Gasteiger partial charge on any atom is -0.309 e. The van der Waals surface area contributed by atoms with Gasteiger partial charge in [-0.15, -0.1) is 0 Å². The second-order valence-electron chi connectivity index (χ2n) is 37.6. The number of rotatable bonds is 15. The van der Waals surface area contributed by atoms with Gasteiger partial charge in [-0.3, -0.25) is 0 Å². The largest absolute Gasteiger partial charge is 0.309 e. The monoisotopic (exact) mass is 1920 g/mol. The summed E-state index contributed by atoms with van der Waals surface area (Å²) >= 11 is 0. The van der Waals surface area contributed by atoms with Gasteiger partial charge in [0.2, 0.25) is 0 Å². The highest BCUT2D eigenvalue weighted by molar-refractivity contribution is 6.28. The van der Waals surface area contributed by atoms with Crippen LogP contribution in [-0.2, 0) is 0 Å². The molecule has 14 nitrogen and oxygen atoms in total. The number of fused-ring (bicyclic) bond motifs is 20. The number of hydrogen-bond donors (Lipinski definition) is 0. The van der Waals surface area contributed by atoms with Gasteiger partial charge in [0.25, 0.3) is 0 Å². The third-order valence-corrected chi connectivity index (χ3v) is 28.9. The van der Waals surface area contributed by atoms with Crippen molar-refractivity contribution in [2.75, 3.05) is 0 Å². The summed E-state index contributed by atoms with van der Waals surface area (Å²) in [7, 11) is 0. The Morgan fingerprint density at radius 3 is 0.620 bits per heavy atom. The fourth-order valence-electron chi connectivity index (χ4n) is 22.1. The standard InChI is InChI=1S/C46H30N4.2C45H29N5/c1-4-14-31(15-5-1)40-29-41(32-16-6-2-7-17-32)48-46(47-40)33-24-26-35(27-25-33)50-43-23-13-11-21-37(43)39-28-38-36-20-10-12-22-42(36)49(44(38)30-45(39)50)34-18-8-3-9-19-34;1-4-14-30(15-5-1)43-46-44(31-16-6-2-7-17-31)48-45(47-43)32-24-26-34(27-25-32)49-39-23-13-11-21-37(39)41-40(49)29-28-36-35-20-10-12-22-38(35)50(42(36)41)33-18-8-3-9-19-33;1-4-14-30(15-5-1)43-46-44(31-16-6-2-7-17-31)48-45(47-43)32-24-26-34(27-25-32)50-38-22-12-10-20-35(38)36-28-29-40-41(42(36)50)37-21-11-13-23-39(37)49(40)33-18-8-3-9-19-33/h1-30H;2*1-29H. The van der Waals surface area contributed by atoms with Gasteiger partial charge in [-0.1, -0.05) is 358 Å². The van der Waals surface area contributed by atoms with Crippen LogP contribution in [0.15, 0.2) is 534 Å². The van der Waals surface area contributed by atoms with E-state index >= 15 is 0 Å². The van der Waals surface area contributed by atoms with Crippen LogP contribution in [0.2, 0.25) is 0 Å². The van der Waals surface area contributed by atoms with E-state index in [-0.39, 0.29) is 0 Å². The van der Waals surface area contributed by atoms with E-state index in [4.69, 9.17) is 39.9 Å². The molecule has 0 bridgehead atoms. The van der Waals surface area contributed by atoms with E-state index in [2.05, 4.69) is 404 Å². The maximum absolute atomic E-state index is 5.06. The molecule has 0 aliphatic rings. The van der Waals surface area contributed by atoms with Crippen LogP contribution >= 0.6 is 0 Å². The summed E-state index contributed by atoms with van der Waals surface area (Å²) in [5, 5.41) is 14.8. The maximum atomic E-state index is 5.06. The Labute approximate surface area is 862 Å². The van der Waals surface area contributed by atoms with Crippen LogP contribution < -0.4 is 0 Å². The Morgan fingerprint density at radius 1 is 0.113 bits per heavy atom. The van der Waals surface area contributed by atoms with Gasteiger partial charge in [0.1, 0.15) is 0 Å². The second-order valence-corrected chi connectivity index (χ2v) is 37.6. The third-order valence-electron chi connectivity index (χ3n) is 28.9. The summed E-state index contributed by atoms with van der Waals surface area (Å²) in [5.41, 5.74) is 31.4. The van der Waals surface area contributed by atoms with Crippen molar-refractivity contribution in [3.8, 4) is 136 Å². The SMILES string of the molecule is c1ccc(-c2cc(-c3ccccc3)nc(-c3ccc(-n4c5ccccc5c5cc6c7ccccc7n(-c7ccccc7)c6cc54)cc3)n2)cc1.c1ccc(-c2nc(-c3ccccc3)nc(-c3ccc(-n4c5ccccc5c5c4ccc4c6ccccc6n(-c6ccccc6)c45)cc3)n2)cc1.c1ccc(-c2nc(-c3ccccc3)nc(-c3ccc(-n4c5ccccc5c5ccc6c(c7ccccc7n6-c6ccccc6)c54)cc3)n2)cc1. The van der Waals surface area contributed by atoms with Crippen molar-refractivity contribution in [2.24, 2.45) is 0 Å². The van der Waals surface area contributed by atoms with Crippen molar-refractivity contribution >= 4 is 131 Å². The number of benzene rings is 21. The Hall–Kier alpha value is -20.5. The van der Waals surface area contributed by atoms with Gasteiger partial charge in [-0.2, -0.15) is 0 Å². The third kappa shape index (κ3) is 15.3. The number of nitrogens with zero attached hydrogens (tertiary/aromatic N) is 14. The van der Waals surface area contributed by atoms with E-state index in [1.807, 2.05) is 158 Å². The maximum Gasteiger partial charge on any atom is 0.164 e. The summed E-state index contributed by atoms with van der Waals surface area (Å²) in [6.07, 6.45) is 0. The summed E-state index contributed by atoms with van der Waals surface area (Å²) in [4.78, 5) is 39.7. The molecule has 0 radical (unpaired) electrons. The van der Waals surface area contributed by atoms with E-state index in [1.54, 1.807) is 0 Å². The predicted octanol–water partition coefficient (Wildman–Crippen LogP) is 33.8. The quantitative estimate of drug-likeness (QED) is 0.0991. The molecule has 0 atom stereocenters. The van der Waals surface area contributed by atoms with Gasteiger partial charge < -0.3 is 27.4 Å². The van der Waals surface area contributed by atoms with Crippen LogP contribution in [0.1, 0.15) is 0 Å². The van der Waals surface area contributed by atoms with E-state index in [1.165, 1.54) is 114 Å². The summed E-state index contributed by atoms with van der Waals surface area (Å²) < 4.78 is 14.4. The van der Waals surface area contributed by atoms with E-state index in [0.717, 1.165) is 112 Å². The first kappa shape index (κ1) is 87.3. The molecule has 21 aromatic carbocycles. The van der Waals surface area contributed by atoms with Gasteiger partial charge in [-0.05, 0) is 176 Å². The molecule has 0 unspecified atom stereocenters. The molecular formula is C136H88N14. The lowest BCUT2D eigenvalue weighted by Crippen LogP contribution is -2.00. The first-order chi connectivity index (χ1) is 74.4. The molecule has 0 fully saturated rings. The highest BCUT2D eigenvalue weighted by atomic mass is 15.1. The second kappa shape index (κ2) is 37.0. The summed E-state index contributed by atoms with van der Waals surface area (Å²) in [5.74, 6) is 4.59. The van der Waals surface area contributed by atoms with Gasteiger partial charge >= 0.3 is 0 Å². The Balaban J connectivity index is 0.000000108. The Bertz CT molecular complexity index is 9990. The van der Waals surface area contributed by atoms with Crippen LogP contribution in [0, 0.1) is 0 Å². The topological polar surface area (TPSA) is 133 Å².